The monoisotopic (exact) mass is 305 g/mol. The normalized spacial score (nSPS) is 11.3. The summed E-state index contributed by atoms with van der Waals surface area (Å²) in [5.41, 5.74) is 7.27. The van der Waals surface area contributed by atoms with Gasteiger partial charge in [-0.15, -0.1) is 0 Å². The molecule has 5 heteroatoms. The van der Waals surface area contributed by atoms with Crippen molar-refractivity contribution in [2.75, 3.05) is 18.6 Å². The summed E-state index contributed by atoms with van der Waals surface area (Å²) in [6.07, 6.45) is 1.30. The minimum atomic E-state index is -3.37. The third-order valence-corrected chi connectivity index (χ3v) is 5.08. The van der Waals surface area contributed by atoms with Crippen molar-refractivity contribution in [3.05, 3.63) is 54.1 Å². The van der Waals surface area contributed by atoms with Crippen LogP contribution >= 0.6 is 0 Å². The molecule has 0 aromatic heterocycles. The van der Waals surface area contributed by atoms with Gasteiger partial charge in [0.2, 0.25) is 0 Å². The smallest absolute Gasteiger partial charge is 0.182 e. The zero-order chi connectivity index (χ0) is 15.3. The molecule has 2 N–H and O–H groups in total. The van der Waals surface area contributed by atoms with Crippen LogP contribution in [-0.2, 0) is 16.3 Å². The van der Waals surface area contributed by atoms with Gasteiger partial charge in [-0.05, 0) is 30.5 Å². The van der Waals surface area contributed by atoms with E-state index in [1.807, 2.05) is 30.3 Å². The number of nitrogen functional groups attached to an aromatic ring is 1. The standard InChI is InChI=1S/C16H19NO3S/c1-20-15-12-14(17)9-10-16(15)21(18,19)11-5-8-13-6-3-2-4-7-13/h2-4,6-7,9-10,12H,5,8,11,17H2,1H3. The maximum atomic E-state index is 12.4. The van der Waals surface area contributed by atoms with Crippen molar-refractivity contribution in [1.82, 2.24) is 0 Å². The van der Waals surface area contributed by atoms with Crippen LogP contribution in [0.5, 0.6) is 5.75 Å². The summed E-state index contributed by atoms with van der Waals surface area (Å²) in [4.78, 5) is 0.201. The third-order valence-electron chi connectivity index (χ3n) is 3.24. The first-order chi connectivity index (χ1) is 10.0. The fourth-order valence-corrected chi connectivity index (χ4v) is 3.63. The van der Waals surface area contributed by atoms with Gasteiger partial charge in [-0.3, -0.25) is 0 Å². The highest BCUT2D eigenvalue weighted by molar-refractivity contribution is 7.91. The Morgan fingerprint density at radius 2 is 1.81 bits per heavy atom. The number of benzene rings is 2. The second-order valence-electron chi connectivity index (χ2n) is 4.82. The van der Waals surface area contributed by atoms with E-state index >= 15 is 0 Å². The van der Waals surface area contributed by atoms with Gasteiger partial charge in [0, 0.05) is 11.8 Å². The molecule has 0 saturated carbocycles. The largest absolute Gasteiger partial charge is 0.495 e. The molecule has 112 valence electrons. The first-order valence-electron chi connectivity index (χ1n) is 6.73. The van der Waals surface area contributed by atoms with Crippen LogP contribution in [0.4, 0.5) is 5.69 Å². The van der Waals surface area contributed by atoms with E-state index in [9.17, 15) is 8.42 Å². The molecule has 0 aliphatic heterocycles. The minimum Gasteiger partial charge on any atom is -0.495 e. The fraction of sp³-hybridized carbons (Fsp3) is 0.250. The number of ether oxygens (including phenoxy) is 1. The van der Waals surface area contributed by atoms with Gasteiger partial charge >= 0.3 is 0 Å². The Bertz CT molecular complexity index is 697. The number of nitrogens with two attached hydrogens (primary N) is 1. The summed E-state index contributed by atoms with van der Waals surface area (Å²) in [5, 5.41) is 0. The summed E-state index contributed by atoms with van der Waals surface area (Å²) in [6.45, 7) is 0. The molecule has 0 aliphatic rings. The SMILES string of the molecule is COc1cc(N)ccc1S(=O)(=O)CCCc1ccccc1. The van der Waals surface area contributed by atoms with Crippen LogP contribution in [0.2, 0.25) is 0 Å². The van der Waals surface area contributed by atoms with Crippen molar-refractivity contribution in [1.29, 1.82) is 0 Å². The van der Waals surface area contributed by atoms with Crippen molar-refractivity contribution < 1.29 is 13.2 Å². The molecule has 0 atom stereocenters. The van der Waals surface area contributed by atoms with Crippen molar-refractivity contribution >= 4 is 15.5 Å². The van der Waals surface area contributed by atoms with E-state index in [4.69, 9.17) is 10.5 Å². The van der Waals surface area contributed by atoms with Crippen LogP contribution in [0.3, 0.4) is 0 Å². The lowest BCUT2D eigenvalue weighted by molar-refractivity contribution is 0.403. The van der Waals surface area contributed by atoms with Gasteiger partial charge in [-0.1, -0.05) is 30.3 Å². The van der Waals surface area contributed by atoms with Crippen molar-refractivity contribution in [2.24, 2.45) is 0 Å². The number of aryl methyl sites for hydroxylation is 1. The first-order valence-corrected chi connectivity index (χ1v) is 8.38. The van der Waals surface area contributed by atoms with Crippen LogP contribution in [0, 0.1) is 0 Å². The lowest BCUT2D eigenvalue weighted by Crippen LogP contribution is -2.09. The highest BCUT2D eigenvalue weighted by atomic mass is 32.2. The maximum absolute atomic E-state index is 12.4. The Balaban J connectivity index is 2.08. The fourth-order valence-electron chi connectivity index (χ4n) is 2.16. The Morgan fingerprint density at radius 3 is 2.48 bits per heavy atom. The molecule has 2 rings (SSSR count). The van der Waals surface area contributed by atoms with Crippen molar-refractivity contribution in [3.63, 3.8) is 0 Å². The molecule has 2 aromatic carbocycles. The number of hydrogen-bond donors (Lipinski definition) is 1. The van der Waals surface area contributed by atoms with Gasteiger partial charge in [0.1, 0.15) is 10.6 Å². The summed E-state index contributed by atoms with van der Waals surface area (Å²) < 4.78 is 29.9. The summed E-state index contributed by atoms with van der Waals surface area (Å²) in [6, 6.07) is 14.5. The van der Waals surface area contributed by atoms with E-state index in [-0.39, 0.29) is 10.6 Å². The highest BCUT2D eigenvalue weighted by Gasteiger charge is 2.19. The Morgan fingerprint density at radius 1 is 1.10 bits per heavy atom. The molecule has 21 heavy (non-hydrogen) atoms. The number of sulfone groups is 1. The van der Waals surface area contributed by atoms with Crippen LogP contribution in [-0.4, -0.2) is 21.3 Å². The number of anilines is 1. The first kappa shape index (κ1) is 15.4. The zero-order valence-electron chi connectivity index (χ0n) is 12.0. The molecule has 0 amide bonds. The molecule has 0 aliphatic carbocycles. The van der Waals surface area contributed by atoms with Gasteiger partial charge in [-0.2, -0.15) is 0 Å². The van der Waals surface area contributed by atoms with Gasteiger partial charge in [0.25, 0.3) is 0 Å². The second kappa shape index (κ2) is 6.63. The van der Waals surface area contributed by atoms with Crippen molar-refractivity contribution in [3.8, 4) is 5.75 Å². The highest BCUT2D eigenvalue weighted by Crippen LogP contribution is 2.27. The van der Waals surface area contributed by atoms with E-state index in [0.717, 1.165) is 12.0 Å². The Labute approximate surface area is 125 Å². The summed E-state index contributed by atoms with van der Waals surface area (Å²) in [5.74, 6) is 0.386. The Hall–Kier alpha value is -2.01. The van der Waals surface area contributed by atoms with E-state index in [1.165, 1.54) is 19.2 Å². The maximum Gasteiger partial charge on any atom is 0.182 e. The van der Waals surface area contributed by atoms with E-state index < -0.39 is 9.84 Å². The summed E-state index contributed by atoms with van der Waals surface area (Å²) in [7, 11) is -1.93. The lowest BCUT2D eigenvalue weighted by atomic mass is 10.1. The number of rotatable bonds is 6. The molecule has 0 fully saturated rings. The average Bonchev–Trinajstić information content (AvgIpc) is 2.47. The van der Waals surface area contributed by atoms with Crippen LogP contribution in [0.15, 0.2) is 53.4 Å². The molecule has 0 heterocycles. The molecule has 0 saturated heterocycles. The molecule has 0 spiro atoms. The number of hydrogen-bond acceptors (Lipinski definition) is 4. The molecular formula is C16H19NO3S. The average molecular weight is 305 g/mol. The van der Waals surface area contributed by atoms with E-state index in [2.05, 4.69) is 0 Å². The van der Waals surface area contributed by atoms with Crippen LogP contribution in [0.1, 0.15) is 12.0 Å². The van der Waals surface area contributed by atoms with E-state index in [1.54, 1.807) is 6.07 Å². The van der Waals surface area contributed by atoms with Crippen molar-refractivity contribution in [2.45, 2.75) is 17.7 Å². The molecule has 4 nitrogen and oxygen atoms in total. The molecule has 0 bridgehead atoms. The van der Waals surface area contributed by atoms with E-state index in [0.29, 0.717) is 17.9 Å². The van der Waals surface area contributed by atoms with Crippen LogP contribution in [0.25, 0.3) is 0 Å². The Kier molecular flexibility index (Phi) is 4.85. The number of methoxy groups -OCH3 is 1. The molecule has 0 radical (unpaired) electrons. The predicted octanol–water partition coefficient (Wildman–Crippen LogP) is 2.68. The summed E-state index contributed by atoms with van der Waals surface area (Å²) >= 11 is 0. The quantitative estimate of drug-likeness (QED) is 0.833. The van der Waals surface area contributed by atoms with Gasteiger partial charge in [-0.25, -0.2) is 8.42 Å². The minimum absolute atomic E-state index is 0.0855. The topological polar surface area (TPSA) is 69.4 Å². The third kappa shape index (κ3) is 3.98. The van der Waals surface area contributed by atoms with Gasteiger partial charge in [0.15, 0.2) is 9.84 Å². The lowest BCUT2D eigenvalue weighted by Gasteiger charge is -2.10. The second-order valence-corrected chi connectivity index (χ2v) is 6.90. The van der Waals surface area contributed by atoms with Gasteiger partial charge < -0.3 is 10.5 Å². The molecule has 0 unspecified atom stereocenters. The predicted molar refractivity (Wildman–Crippen MR) is 84.2 cm³/mol. The zero-order valence-corrected chi connectivity index (χ0v) is 12.8. The van der Waals surface area contributed by atoms with Crippen LogP contribution < -0.4 is 10.5 Å². The molecular weight excluding hydrogens is 286 g/mol. The van der Waals surface area contributed by atoms with Gasteiger partial charge in [0.05, 0.1) is 12.9 Å². The molecule has 2 aromatic rings.